The second kappa shape index (κ2) is 3.88. The normalized spacial score (nSPS) is 20.3. The van der Waals surface area contributed by atoms with Gasteiger partial charge in [0.2, 0.25) is 0 Å². The Balaban J connectivity index is 2.40. The molecule has 0 spiro atoms. The molecule has 1 aromatic heterocycles. The quantitative estimate of drug-likeness (QED) is 0.694. The number of nitrogens with zero attached hydrogens (tertiary/aromatic N) is 1. The van der Waals surface area contributed by atoms with Crippen LogP contribution in [-0.4, -0.2) is 4.57 Å². The molecular weight excluding hydrogens is 182 g/mol. The summed E-state index contributed by atoms with van der Waals surface area (Å²) < 4.78 is 2.20. The number of rotatable bonds is 2. The summed E-state index contributed by atoms with van der Waals surface area (Å²) in [5, 5.41) is 2.51. The molecule has 1 nitrogen and oxygen atoms in total. The third-order valence-corrected chi connectivity index (χ3v) is 3.99. The molecule has 0 N–H and O–H groups in total. The maximum atomic E-state index is 4.22. The lowest BCUT2D eigenvalue weighted by Gasteiger charge is -2.31. The Morgan fingerprint density at radius 1 is 1.53 bits per heavy atom. The van der Waals surface area contributed by atoms with E-state index < -0.39 is 0 Å². The van der Waals surface area contributed by atoms with Crippen molar-refractivity contribution in [1.82, 2.24) is 4.57 Å². The number of hydrogen-bond donors (Lipinski definition) is 0. The molecule has 0 amide bonds. The summed E-state index contributed by atoms with van der Waals surface area (Å²) in [7, 11) is 2.11. The van der Waals surface area contributed by atoms with E-state index in [9.17, 15) is 0 Å². The summed E-state index contributed by atoms with van der Waals surface area (Å²) in [4.78, 5) is 0. The van der Waals surface area contributed by atoms with E-state index in [4.69, 9.17) is 0 Å². The molecule has 1 atom stereocenters. The van der Waals surface area contributed by atoms with Gasteiger partial charge < -0.3 is 4.57 Å². The number of aromatic nitrogens is 1. The molecule has 82 valence electrons. The van der Waals surface area contributed by atoms with E-state index in [1.54, 1.807) is 0 Å². The maximum Gasteiger partial charge on any atom is 0.0431 e. The Morgan fingerprint density at radius 2 is 2.20 bits per heavy atom. The van der Waals surface area contributed by atoms with Crippen molar-refractivity contribution in [3.8, 4) is 0 Å². The first-order valence-electron chi connectivity index (χ1n) is 5.95. The van der Waals surface area contributed by atoms with Crippen LogP contribution < -0.4 is 10.6 Å². The molecule has 1 unspecified atom stereocenters. The van der Waals surface area contributed by atoms with E-state index in [0.29, 0.717) is 5.92 Å². The summed E-state index contributed by atoms with van der Waals surface area (Å²) in [6.07, 6.45) is 8.64. The topological polar surface area (TPSA) is 4.93 Å². The molecule has 1 aliphatic carbocycles. The van der Waals surface area contributed by atoms with Gasteiger partial charge >= 0.3 is 0 Å². The minimum Gasteiger partial charge on any atom is -0.351 e. The second-order valence-electron chi connectivity index (χ2n) is 4.83. The van der Waals surface area contributed by atoms with Crippen LogP contribution in [0.4, 0.5) is 0 Å². The summed E-state index contributed by atoms with van der Waals surface area (Å²) in [6, 6.07) is 0. The van der Waals surface area contributed by atoms with Gasteiger partial charge in [0, 0.05) is 18.6 Å². The summed E-state index contributed by atoms with van der Waals surface area (Å²) in [5.74, 6) is 1.59. The molecule has 0 aliphatic heterocycles. The van der Waals surface area contributed by atoms with Gasteiger partial charge in [0.15, 0.2) is 0 Å². The van der Waals surface area contributed by atoms with Crippen LogP contribution in [0.1, 0.15) is 44.6 Å². The maximum absolute atomic E-state index is 4.22. The Morgan fingerprint density at radius 3 is 2.60 bits per heavy atom. The minimum atomic E-state index is 0.686. The highest BCUT2D eigenvalue weighted by Gasteiger charge is 2.26. The van der Waals surface area contributed by atoms with Gasteiger partial charge in [-0.25, -0.2) is 0 Å². The predicted molar refractivity (Wildman–Crippen MR) is 66.1 cm³/mol. The van der Waals surface area contributed by atoms with E-state index in [2.05, 4.69) is 44.3 Å². The summed E-state index contributed by atoms with van der Waals surface area (Å²) in [6.45, 7) is 8.66. The predicted octanol–water partition coefficient (Wildman–Crippen LogP) is 2.14. The molecule has 1 fully saturated rings. The average Bonchev–Trinajstić information content (AvgIpc) is 2.38. The highest BCUT2D eigenvalue weighted by molar-refractivity contribution is 5.29. The van der Waals surface area contributed by atoms with Crippen molar-refractivity contribution < 1.29 is 0 Å². The van der Waals surface area contributed by atoms with Gasteiger partial charge in [-0.3, -0.25) is 0 Å². The largest absolute Gasteiger partial charge is 0.351 e. The Labute approximate surface area is 92.1 Å². The zero-order chi connectivity index (χ0) is 11.0. The first-order valence-corrected chi connectivity index (χ1v) is 5.95. The first kappa shape index (κ1) is 10.5. The van der Waals surface area contributed by atoms with Gasteiger partial charge in [0.25, 0.3) is 0 Å². The fourth-order valence-electron chi connectivity index (χ4n) is 2.68. The van der Waals surface area contributed by atoms with E-state index in [1.165, 1.54) is 35.4 Å². The number of hydrogen-bond acceptors (Lipinski definition) is 0. The van der Waals surface area contributed by atoms with E-state index in [1.807, 2.05) is 0 Å². The monoisotopic (exact) mass is 203 g/mol. The van der Waals surface area contributed by atoms with E-state index in [-0.39, 0.29) is 0 Å². The third kappa shape index (κ3) is 1.64. The molecule has 1 aromatic rings. The van der Waals surface area contributed by atoms with Gasteiger partial charge in [-0.1, -0.05) is 26.0 Å². The molecule has 1 saturated carbocycles. The van der Waals surface area contributed by atoms with Crippen molar-refractivity contribution in [3.05, 3.63) is 22.3 Å². The Hall–Kier alpha value is -0.980. The SMILES string of the molecule is C=c1c(C(C)C2CCC2)cn(C)/c1=C/C. The number of aryl methyl sites for hydroxylation is 1. The molecule has 0 bridgehead atoms. The van der Waals surface area contributed by atoms with Crippen molar-refractivity contribution >= 4 is 12.7 Å². The standard InChI is InChI=1S/C14H21N/c1-5-14-11(3)13(9-15(14)4)10(2)12-7-6-8-12/h5,9-10,12H,3,6-8H2,1-2,4H3/b14-5+. The lowest BCUT2D eigenvalue weighted by Crippen LogP contribution is -2.29. The zero-order valence-corrected chi connectivity index (χ0v) is 10.1. The van der Waals surface area contributed by atoms with Crippen molar-refractivity contribution in [3.63, 3.8) is 0 Å². The van der Waals surface area contributed by atoms with Crippen LogP contribution in [-0.2, 0) is 7.05 Å². The minimum absolute atomic E-state index is 0.686. The Kier molecular flexibility index (Phi) is 2.72. The zero-order valence-electron chi connectivity index (χ0n) is 10.1. The fraction of sp³-hybridized carbons (Fsp3) is 0.571. The van der Waals surface area contributed by atoms with Crippen LogP contribution in [0.15, 0.2) is 6.20 Å². The van der Waals surface area contributed by atoms with Crippen molar-refractivity contribution in [2.24, 2.45) is 13.0 Å². The van der Waals surface area contributed by atoms with E-state index in [0.717, 1.165) is 5.92 Å². The molecule has 1 heteroatoms. The lowest BCUT2D eigenvalue weighted by atomic mass is 9.74. The van der Waals surface area contributed by atoms with Gasteiger partial charge in [0.1, 0.15) is 0 Å². The van der Waals surface area contributed by atoms with Crippen LogP contribution in [0.2, 0.25) is 0 Å². The van der Waals surface area contributed by atoms with Crippen molar-refractivity contribution in [2.45, 2.75) is 39.0 Å². The molecule has 15 heavy (non-hydrogen) atoms. The van der Waals surface area contributed by atoms with Crippen molar-refractivity contribution in [2.75, 3.05) is 0 Å². The van der Waals surface area contributed by atoms with Crippen LogP contribution in [0.25, 0.3) is 12.7 Å². The van der Waals surface area contributed by atoms with Crippen LogP contribution in [0.5, 0.6) is 0 Å². The highest BCUT2D eigenvalue weighted by atomic mass is 14.9. The van der Waals surface area contributed by atoms with Gasteiger partial charge in [-0.2, -0.15) is 0 Å². The molecule has 0 radical (unpaired) electrons. The molecule has 0 saturated heterocycles. The molecule has 1 aliphatic rings. The van der Waals surface area contributed by atoms with Gasteiger partial charge in [-0.15, -0.1) is 0 Å². The highest BCUT2D eigenvalue weighted by Crippen LogP contribution is 2.37. The van der Waals surface area contributed by atoms with Crippen LogP contribution >= 0.6 is 0 Å². The fourth-order valence-corrected chi connectivity index (χ4v) is 2.68. The molecule has 0 aromatic carbocycles. The average molecular weight is 203 g/mol. The molecule has 1 heterocycles. The lowest BCUT2D eigenvalue weighted by molar-refractivity contribution is 0.271. The van der Waals surface area contributed by atoms with Crippen molar-refractivity contribution in [1.29, 1.82) is 0 Å². The smallest absolute Gasteiger partial charge is 0.0431 e. The first-order chi connectivity index (χ1) is 7.15. The second-order valence-corrected chi connectivity index (χ2v) is 4.83. The van der Waals surface area contributed by atoms with Crippen LogP contribution in [0, 0.1) is 5.92 Å². The molecule has 2 rings (SSSR count). The third-order valence-electron chi connectivity index (χ3n) is 3.99. The van der Waals surface area contributed by atoms with Crippen LogP contribution in [0.3, 0.4) is 0 Å². The summed E-state index contributed by atoms with van der Waals surface area (Å²) in [5.41, 5.74) is 1.45. The Bertz CT molecular complexity index is 448. The van der Waals surface area contributed by atoms with E-state index >= 15 is 0 Å². The van der Waals surface area contributed by atoms with Gasteiger partial charge in [0.05, 0.1) is 0 Å². The molecular formula is C14H21N. The summed E-state index contributed by atoms with van der Waals surface area (Å²) >= 11 is 0. The van der Waals surface area contributed by atoms with Gasteiger partial charge in [-0.05, 0) is 42.4 Å².